The van der Waals surface area contributed by atoms with Gasteiger partial charge in [-0.05, 0) is 43.0 Å². The van der Waals surface area contributed by atoms with Crippen LogP contribution in [0.15, 0.2) is 30.3 Å². The van der Waals surface area contributed by atoms with Gasteiger partial charge < -0.3 is 14.7 Å². The third kappa shape index (κ3) is 3.87. The van der Waals surface area contributed by atoms with Gasteiger partial charge in [0, 0.05) is 19.2 Å². The Labute approximate surface area is 130 Å². The number of carboxylic acid groups (broad SMARTS) is 1. The van der Waals surface area contributed by atoms with Crippen LogP contribution in [0.2, 0.25) is 0 Å². The predicted molar refractivity (Wildman–Crippen MR) is 83.6 cm³/mol. The van der Waals surface area contributed by atoms with E-state index in [1.807, 2.05) is 31.2 Å². The molecule has 1 unspecified atom stereocenters. The lowest BCUT2D eigenvalue weighted by atomic mass is 9.98. The number of piperidine rings is 1. The Balaban J connectivity index is 2.06. The lowest BCUT2D eigenvalue weighted by Crippen LogP contribution is -2.41. The molecule has 1 aliphatic rings. The van der Waals surface area contributed by atoms with Crippen molar-refractivity contribution >= 4 is 17.4 Å². The number of carbonyl (C=O) groups is 2. The highest BCUT2D eigenvalue weighted by Crippen LogP contribution is 2.20. The molecule has 1 aromatic rings. The smallest absolute Gasteiger partial charge is 0.308 e. The highest BCUT2D eigenvalue weighted by Gasteiger charge is 2.27. The van der Waals surface area contributed by atoms with Crippen molar-refractivity contribution in [1.29, 1.82) is 0 Å². The number of hydrogen-bond donors (Lipinski definition) is 1. The van der Waals surface area contributed by atoms with Crippen LogP contribution >= 0.6 is 0 Å². The van der Waals surface area contributed by atoms with Crippen molar-refractivity contribution in [2.45, 2.75) is 19.8 Å². The summed E-state index contributed by atoms with van der Waals surface area (Å²) in [5.41, 5.74) is 1.80. The number of allylic oxidation sites excluding steroid dienone is 1. The number of carboxylic acids is 1. The van der Waals surface area contributed by atoms with Crippen LogP contribution in [0.4, 0.5) is 0 Å². The molecule has 0 radical (unpaired) electrons. The number of benzene rings is 1. The average molecular weight is 303 g/mol. The van der Waals surface area contributed by atoms with Crippen LogP contribution in [-0.2, 0) is 9.59 Å². The molecule has 0 bridgehead atoms. The summed E-state index contributed by atoms with van der Waals surface area (Å²) in [6.07, 6.45) is 2.95. The summed E-state index contributed by atoms with van der Waals surface area (Å²) in [6.45, 7) is 2.79. The summed E-state index contributed by atoms with van der Waals surface area (Å²) in [4.78, 5) is 25.0. The Morgan fingerprint density at radius 2 is 2.00 bits per heavy atom. The zero-order chi connectivity index (χ0) is 16.1. The van der Waals surface area contributed by atoms with E-state index in [9.17, 15) is 9.59 Å². The topological polar surface area (TPSA) is 66.8 Å². The molecule has 1 fully saturated rings. The van der Waals surface area contributed by atoms with E-state index in [4.69, 9.17) is 9.84 Å². The van der Waals surface area contributed by atoms with Crippen LogP contribution in [-0.4, -0.2) is 42.1 Å². The fraction of sp³-hybridized carbons (Fsp3) is 0.412. The van der Waals surface area contributed by atoms with E-state index in [-0.39, 0.29) is 5.91 Å². The SMILES string of the molecule is COc1ccc(C(C)=CC(=O)N2CCCC(C(=O)O)C2)cc1. The van der Waals surface area contributed by atoms with E-state index in [0.29, 0.717) is 19.5 Å². The lowest BCUT2D eigenvalue weighted by Gasteiger charge is -2.30. The Morgan fingerprint density at radius 3 is 2.59 bits per heavy atom. The summed E-state index contributed by atoms with van der Waals surface area (Å²) >= 11 is 0. The molecular formula is C17H21NO4. The second kappa shape index (κ2) is 7.11. The molecule has 0 spiro atoms. The number of methoxy groups -OCH3 is 1. The van der Waals surface area contributed by atoms with Gasteiger partial charge in [0.25, 0.3) is 0 Å². The molecule has 1 amide bonds. The van der Waals surface area contributed by atoms with Crippen LogP contribution in [0.5, 0.6) is 5.75 Å². The first kappa shape index (κ1) is 16.1. The van der Waals surface area contributed by atoms with Crippen molar-refractivity contribution < 1.29 is 19.4 Å². The second-order valence-electron chi connectivity index (χ2n) is 5.52. The Bertz CT molecular complexity index is 577. The summed E-state index contributed by atoms with van der Waals surface area (Å²) in [6, 6.07) is 7.49. The number of aliphatic carboxylic acids is 1. The number of carbonyl (C=O) groups excluding carboxylic acids is 1. The van der Waals surface area contributed by atoms with Crippen molar-refractivity contribution in [2.75, 3.05) is 20.2 Å². The summed E-state index contributed by atoms with van der Waals surface area (Å²) in [7, 11) is 1.61. The van der Waals surface area contributed by atoms with Crippen molar-refractivity contribution in [3.05, 3.63) is 35.9 Å². The number of rotatable bonds is 4. The molecule has 0 saturated carbocycles. The lowest BCUT2D eigenvalue weighted by molar-refractivity contribution is -0.144. The molecule has 1 atom stereocenters. The Hall–Kier alpha value is -2.30. The first-order chi connectivity index (χ1) is 10.5. The van der Waals surface area contributed by atoms with Gasteiger partial charge in [-0.3, -0.25) is 9.59 Å². The zero-order valence-electron chi connectivity index (χ0n) is 12.9. The minimum Gasteiger partial charge on any atom is -0.497 e. The molecule has 1 N–H and O–H groups in total. The average Bonchev–Trinajstić information content (AvgIpc) is 2.54. The van der Waals surface area contributed by atoms with Crippen molar-refractivity contribution in [3.8, 4) is 5.75 Å². The highest BCUT2D eigenvalue weighted by atomic mass is 16.5. The van der Waals surface area contributed by atoms with Gasteiger partial charge >= 0.3 is 5.97 Å². The maximum atomic E-state index is 12.3. The minimum absolute atomic E-state index is 0.126. The molecule has 22 heavy (non-hydrogen) atoms. The largest absolute Gasteiger partial charge is 0.497 e. The minimum atomic E-state index is -0.826. The molecule has 118 valence electrons. The molecule has 0 aromatic heterocycles. The highest BCUT2D eigenvalue weighted by molar-refractivity contribution is 5.95. The van der Waals surface area contributed by atoms with Gasteiger partial charge in [0.05, 0.1) is 13.0 Å². The molecule has 1 aliphatic heterocycles. The number of nitrogens with zero attached hydrogens (tertiary/aromatic N) is 1. The Kier molecular flexibility index (Phi) is 5.20. The van der Waals surface area contributed by atoms with Crippen LogP contribution in [0.25, 0.3) is 5.57 Å². The summed E-state index contributed by atoms with van der Waals surface area (Å²) < 4.78 is 5.11. The van der Waals surface area contributed by atoms with E-state index in [2.05, 4.69) is 0 Å². The summed E-state index contributed by atoms with van der Waals surface area (Å²) in [5, 5.41) is 9.08. The maximum absolute atomic E-state index is 12.3. The van der Waals surface area contributed by atoms with E-state index in [1.165, 1.54) is 0 Å². The first-order valence-electron chi connectivity index (χ1n) is 7.35. The third-order valence-electron chi connectivity index (χ3n) is 3.97. The molecule has 0 aliphatic carbocycles. The van der Waals surface area contributed by atoms with Crippen molar-refractivity contribution in [1.82, 2.24) is 4.90 Å². The first-order valence-corrected chi connectivity index (χ1v) is 7.35. The third-order valence-corrected chi connectivity index (χ3v) is 3.97. The maximum Gasteiger partial charge on any atom is 0.308 e. The standard InChI is InChI=1S/C17H21NO4/c1-12(13-5-7-15(22-2)8-6-13)10-16(19)18-9-3-4-14(11-18)17(20)21/h5-8,10,14H,3-4,9,11H2,1-2H3,(H,20,21). The van der Waals surface area contributed by atoms with Gasteiger partial charge in [-0.15, -0.1) is 0 Å². The van der Waals surface area contributed by atoms with Gasteiger partial charge in [0.2, 0.25) is 5.91 Å². The van der Waals surface area contributed by atoms with E-state index >= 15 is 0 Å². The predicted octanol–water partition coefficient (Wildman–Crippen LogP) is 2.42. The van der Waals surface area contributed by atoms with E-state index in [1.54, 1.807) is 18.1 Å². The molecule has 1 heterocycles. The fourth-order valence-corrected chi connectivity index (χ4v) is 2.59. The number of hydrogen-bond acceptors (Lipinski definition) is 3. The molecule has 2 rings (SSSR count). The van der Waals surface area contributed by atoms with Crippen molar-refractivity contribution in [2.24, 2.45) is 5.92 Å². The van der Waals surface area contributed by atoms with Crippen LogP contribution in [0.3, 0.4) is 0 Å². The van der Waals surface area contributed by atoms with E-state index in [0.717, 1.165) is 23.3 Å². The molecular weight excluding hydrogens is 282 g/mol. The molecule has 1 aromatic carbocycles. The second-order valence-corrected chi connectivity index (χ2v) is 5.52. The molecule has 1 saturated heterocycles. The van der Waals surface area contributed by atoms with Crippen LogP contribution in [0, 0.1) is 5.92 Å². The quantitative estimate of drug-likeness (QED) is 0.868. The normalized spacial score (nSPS) is 18.9. The summed E-state index contributed by atoms with van der Waals surface area (Å²) in [5.74, 6) is -0.636. The van der Waals surface area contributed by atoms with E-state index < -0.39 is 11.9 Å². The molecule has 5 nitrogen and oxygen atoms in total. The van der Waals surface area contributed by atoms with Gasteiger partial charge in [0.1, 0.15) is 5.75 Å². The molecule has 5 heteroatoms. The number of likely N-dealkylation sites (tertiary alicyclic amines) is 1. The van der Waals surface area contributed by atoms with Crippen LogP contribution < -0.4 is 4.74 Å². The van der Waals surface area contributed by atoms with Crippen LogP contribution in [0.1, 0.15) is 25.3 Å². The number of ether oxygens (including phenoxy) is 1. The Morgan fingerprint density at radius 1 is 1.32 bits per heavy atom. The van der Waals surface area contributed by atoms with Gasteiger partial charge in [-0.25, -0.2) is 0 Å². The van der Waals surface area contributed by atoms with Crippen molar-refractivity contribution in [3.63, 3.8) is 0 Å². The van der Waals surface area contributed by atoms with Gasteiger partial charge in [-0.1, -0.05) is 12.1 Å². The van der Waals surface area contributed by atoms with Gasteiger partial charge in [-0.2, -0.15) is 0 Å². The monoisotopic (exact) mass is 303 g/mol. The fourth-order valence-electron chi connectivity index (χ4n) is 2.59. The zero-order valence-corrected chi connectivity index (χ0v) is 12.9. The number of amides is 1. The van der Waals surface area contributed by atoms with Gasteiger partial charge in [0.15, 0.2) is 0 Å².